The highest BCUT2D eigenvalue weighted by Crippen LogP contribution is 2.34. The van der Waals surface area contributed by atoms with E-state index in [4.69, 9.17) is 4.74 Å². The molecule has 1 unspecified atom stereocenters. The van der Waals surface area contributed by atoms with Crippen LogP contribution in [-0.4, -0.2) is 48.1 Å². The Balaban J connectivity index is 1.57. The summed E-state index contributed by atoms with van der Waals surface area (Å²) in [6.07, 6.45) is 2.11. The minimum Gasteiger partial charge on any atom is -0.494 e. The molecule has 14 heteroatoms. The minimum atomic E-state index is -4.11. The van der Waals surface area contributed by atoms with Crippen molar-refractivity contribution in [2.24, 2.45) is 7.05 Å². The number of ether oxygens (including phenoxy) is 1. The van der Waals surface area contributed by atoms with Crippen LogP contribution in [0.2, 0.25) is 0 Å². The summed E-state index contributed by atoms with van der Waals surface area (Å²) in [5.74, 6) is -1.24. The van der Waals surface area contributed by atoms with Gasteiger partial charge < -0.3 is 25.0 Å². The number of amides is 3. The number of hydrogen-bond acceptors (Lipinski definition) is 7. The maximum atomic E-state index is 12.8. The number of aryl methyl sites for hydroxylation is 2. The second kappa shape index (κ2) is 13.4. The third-order valence-corrected chi connectivity index (χ3v) is 7.94. The predicted molar refractivity (Wildman–Crippen MR) is 165 cm³/mol. The SMILES string of the molecule is COc1cc(N(C(C)=O)c2ccc(C(CC(=O)O)NS(=O)(=O)c3cn(C)cn3)cc2)ccc1NC(=O)Nc1ccccc1C. The second-order valence-electron chi connectivity index (χ2n) is 9.87. The Kier molecular flexibility index (Phi) is 9.66. The van der Waals surface area contributed by atoms with Gasteiger partial charge in [0.1, 0.15) is 5.75 Å². The van der Waals surface area contributed by atoms with Crippen LogP contribution in [-0.2, 0) is 26.7 Å². The van der Waals surface area contributed by atoms with Crippen LogP contribution in [0.3, 0.4) is 0 Å². The van der Waals surface area contributed by atoms with Gasteiger partial charge in [-0.1, -0.05) is 30.3 Å². The Morgan fingerprint density at radius 2 is 1.66 bits per heavy atom. The average Bonchev–Trinajstić information content (AvgIpc) is 3.42. The zero-order chi connectivity index (χ0) is 32.0. The number of rotatable bonds is 11. The molecule has 0 bridgehead atoms. The molecule has 1 atom stereocenters. The van der Waals surface area contributed by atoms with E-state index in [0.29, 0.717) is 34.1 Å². The first kappa shape index (κ1) is 31.7. The summed E-state index contributed by atoms with van der Waals surface area (Å²) in [6, 6.07) is 16.8. The summed E-state index contributed by atoms with van der Waals surface area (Å²) in [7, 11) is -1.06. The lowest BCUT2D eigenvalue weighted by atomic mass is 10.0. The van der Waals surface area contributed by atoms with E-state index in [-0.39, 0.29) is 10.9 Å². The van der Waals surface area contributed by atoms with E-state index < -0.39 is 34.5 Å². The molecule has 1 aromatic heterocycles. The number of para-hydroxylation sites is 1. The molecule has 4 aromatic rings. The summed E-state index contributed by atoms with van der Waals surface area (Å²) < 4.78 is 35.1. The third-order valence-electron chi connectivity index (χ3n) is 6.59. The molecular formula is C30H32N6O7S. The lowest BCUT2D eigenvalue weighted by Gasteiger charge is -2.24. The van der Waals surface area contributed by atoms with Crippen molar-refractivity contribution in [1.29, 1.82) is 0 Å². The van der Waals surface area contributed by atoms with E-state index in [1.54, 1.807) is 55.6 Å². The number of benzene rings is 3. The summed E-state index contributed by atoms with van der Waals surface area (Å²) in [4.78, 5) is 42.2. The standard InChI is InChI=1S/C30H32N6O7S/c1-19-7-5-6-8-24(19)32-30(40)33-25-14-13-23(15-27(25)43-4)36(20(2)37)22-11-9-21(10-12-22)26(16-29(38)39)34-44(41,42)28-17-35(3)18-31-28/h5-15,17-18,26,34H,16H2,1-4H3,(H,38,39)(H2,32,33,40). The summed E-state index contributed by atoms with van der Waals surface area (Å²) in [6.45, 7) is 3.25. The molecule has 3 aromatic carbocycles. The highest BCUT2D eigenvalue weighted by Gasteiger charge is 2.26. The molecule has 4 rings (SSSR count). The first-order valence-electron chi connectivity index (χ1n) is 13.3. The van der Waals surface area contributed by atoms with Crippen molar-refractivity contribution in [3.8, 4) is 5.75 Å². The topological polar surface area (TPSA) is 172 Å². The monoisotopic (exact) mass is 620 g/mol. The van der Waals surface area contributed by atoms with Crippen LogP contribution < -0.4 is 25.0 Å². The number of aliphatic carboxylic acids is 1. The lowest BCUT2D eigenvalue weighted by molar-refractivity contribution is -0.137. The van der Waals surface area contributed by atoms with Gasteiger partial charge in [-0.25, -0.2) is 22.9 Å². The van der Waals surface area contributed by atoms with E-state index in [1.807, 2.05) is 25.1 Å². The van der Waals surface area contributed by atoms with Gasteiger partial charge in [0.05, 0.1) is 37.3 Å². The van der Waals surface area contributed by atoms with Crippen LogP contribution >= 0.6 is 0 Å². The molecule has 0 aliphatic carbocycles. The molecule has 0 aliphatic rings. The zero-order valence-electron chi connectivity index (χ0n) is 24.4. The van der Waals surface area contributed by atoms with Gasteiger partial charge in [-0.3, -0.25) is 14.5 Å². The number of hydrogen-bond donors (Lipinski definition) is 4. The third kappa shape index (κ3) is 7.59. The molecule has 0 saturated carbocycles. The van der Waals surface area contributed by atoms with Crippen molar-refractivity contribution in [3.63, 3.8) is 0 Å². The molecular weight excluding hydrogens is 588 g/mol. The highest BCUT2D eigenvalue weighted by molar-refractivity contribution is 7.89. The number of nitrogens with zero attached hydrogens (tertiary/aromatic N) is 3. The molecule has 0 fully saturated rings. The van der Waals surface area contributed by atoms with Crippen LogP contribution in [0.1, 0.15) is 30.5 Å². The van der Waals surface area contributed by atoms with Gasteiger partial charge in [0.25, 0.3) is 10.0 Å². The summed E-state index contributed by atoms with van der Waals surface area (Å²) >= 11 is 0. The Hall–Kier alpha value is -5.21. The molecule has 13 nitrogen and oxygen atoms in total. The smallest absolute Gasteiger partial charge is 0.323 e. The normalized spacial score (nSPS) is 11.8. The van der Waals surface area contributed by atoms with Crippen molar-refractivity contribution in [2.75, 3.05) is 22.6 Å². The molecule has 3 amide bonds. The Labute approximate surface area is 254 Å². The first-order chi connectivity index (χ1) is 20.9. The molecule has 4 N–H and O–H groups in total. The van der Waals surface area contributed by atoms with Gasteiger partial charge in [0.15, 0.2) is 5.03 Å². The fourth-order valence-electron chi connectivity index (χ4n) is 4.46. The largest absolute Gasteiger partial charge is 0.494 e. The van der Waals surface area contributed by atoms with E-state index in [1.165, 1.54) is 36.0 Å². The number of carbonyl (C=O) groups is 3. The Morgan fingerprint density at radius 3 is 2.25 bits per heavy atom. The molecule has 0 saturated heterocycles. The first-order valence-corrected chi connectivity index (χ1v) is 14.8. The van der Waals surface area contributed by atoms with E-state index >= 15 is 0 Å². The fourth-order valence-corrected chi connectivity index (χ4v) is 5.66. The second-order valence-corrected chi connectivity index (χ2v) is 11.5. The number of imidazole rings is 1. The van der Waals surface area contributed by atoms with Crippen molar-refractivity contribution >= 4 is 50.7 Å². The van der Waals surface area contributed by atoms with Crippen molar-refractivity contribution in [2.45, 2.75) is 31.3 Å². The molecule has 1 heterocycles. The predicted octanol–water partition coefficient (Wildman–Crippen LogP) is 4.56. The number of nitrogens with one attached hydrogen (secondary N) is 3. The fraction of sp³-hybridized carbons (Fsp3) is 0.200. The van der Waals surface area contributed by atoms with Crippen LogP contribution in [0.5, 0.6) is 5.75 Å². The van der Waals surface area contributed by atoms with Crippen molar-refractivity contribution in [3.05, 3.63) is 90.4 Å². The van der Waals surface area contributed by atoms with Crippen LogP contribution in [0, 0.1) is 6.92 Å². The number of methoxy groups -OCH3 is 1. The number of carboxylic acids is 1. The molecule has 230 valence electrons. The van der Waals surface area contributed by atoms with Gasteiger partial charge in [0, 0.05) is 37.6 Å². The van der Waals surface area contributed by atoms with Crippen molar-refractivity contribution in [1.82, 2.24) is 14.3 Å². The maximum absolute atomic E-state index is 12.8. The Morgan fingerprint density at radius 1 is 1.00 bits per heavy atom. The molecule has 0 spiro atoms. The number of carboxylic acid groups (broad SMARTS) is 1. The van der Waals surface area contributed by atoms with Gasteiger partial charge >= 0.3 is 12.0 Å². The zero-order valence-corrected chi connectivity index (χ0v) is 25.3. The molecule has 0 aliphatic heterocycles. The number of urea groups is 1. The van der Waals surface area contributed by atoms with Crippen molar-refractivity contribution < 1.29 is 32.6 Å². The van der Waals surface area contributed by atoms with Gasteiger partial charge in [-0.15, -0.1) is 0 Å². The number of sulfonamides is 1. The van der Waals surface area contributed by atoms with Crippen LogP contribution in [0.25, 0.3) is 0 Å². The number of aromatic nitrogens is 2. The summed E-state index contributed by atoms with van der Waals surface area (Å²) in [5.41, 5.74) is 3.16. The molecule has 44 heavy (non-hydrogen) atoms. The highest BCUT2D eigenvalue weighted by atomic mass is 32.2. The summed E-state index contributed by atoms with van der Waals surface area (Å²) in [5, 5.41) is 14.7. The number of carbonyl (C=O) groups excluding carboxylic acids is 2. The minimum absolute atomic E-state index is 0.241. The maximum Gasteiger partial charge on any atom is 0.323 e. The van der Waals surface area contributed by atoms with Gasteiger partial charge in [-0.2, -0.15) is 0 Å². The van der Waals surface area contributed by atoms with E-state index in [2.05, 4.69) is 20.3 Å². The molecule has 0 radical (unpaired) electrons. The van der Waals surface area contributed by atoms with E-state index in [9.17, 15) is 27.9 Å². The van der Waals surface area contributed by atoms with Gasteiger partial charge in [-0.05, 0) is 48.4 Å². The van der Waals surface area contributed by atoms with E-state index in [0.717, 1.165) is 5.56 Å². The quantitative estimate of drug-likeness (QED) is 0.189. The van der Waals surface area contributed by atoms with Crippen LogP contribution in [0.4, 0.5) is 27.5 Å². The average molecular weight is 621 g/mol. The van der Waals surface area contributed by atoms with Crippen LogP contribution in [0.15, 0.2) is 84.3 Å². The number of anilines is 4. The van der Waals surface area contributed by atoms with Gasteiger partial charge in [0.2, 0.25) is 5.91 Å². The lowest BCUT2D eigenvalue weighted by Crippen LogP contribution is -2.30. The Bertz CT molecular complexity index is 1790.